The van der Waals surface area contributed by atoms with Crippen LogP contribution < -0.4 is 5.73 Å². The standard InChI is InChI=1S/C13H13N3S/c1-8(14)9-4-5-10-11(7-9)16-13(15-10)12-3-2-6-17-12/h2-8H,14H2,1H3,(H,15,16). The van der Waals surface area contributed by atoms with Gasteiger partial charge in [-0.25, -0.2) is 4.98 Å². The first kappa shape index (κ1) is 10.5. The summed E-state index contributed by atoms with van der Waals surface area (Å²) in [5.41, 5.74) is 9.03. The molecule has 3 aromatic rings. The number of thiophene rings is 1. The van der Waals surface area contributed by atoms with Gasteiger partial charge in [0.15, 0.2) is 0 Å². The second-order valence-electron chi connectivity index (χ2n) is 4.13. The Labute approximate surface area is 103 Å². The summed E-state index contributed by atoms with van der Waals surface area (Å²) in [4.78, 5) is 9.06. The van der Waals surface area contributed by atoms with Crippen LogP contribution in [0.1, 0.15) is 18.5 Å². The van der Waals surface area contributed by atoms with E-state index in [1.54, 1.807) is 11.3 Å². The van der Waals surface area contributed by atoms with Crippen LogP contribution in [-0.2, 0) is 0 Å². The molecule has 1 aromatic carbocycles. The topological polar surface area (TPSA) is 54.7 Å². The molecule has 1 atom stereocenters. The number of hydrogen-bond acceptors (Lipinski definition) is 3. The molecule has 0 saturated carbocycles. The fraction of sp³-hybridized carbons (Fsp3) is 0.154. The molecule has 0 saturated heterocycles. The van der Waals surface area contributed by atoms with E-state index in [0.29, 0.717) is 0 Å². The van der Waals surface area contributed by atoms with E-state index >= 15 is 0 Å². The predicted octanol–water partition coefficient (Wildman–Crippen LogP) is 3.31. The summed E-state index contributed by atoms with van der Waals surface area (Å²) in [6.45, 7) is 1.98. The van der Waals surface area contributed by atoms with Crippen LogP contribution in [0.3, 0.4) is 0 Å². The highest BCUT2D eigenvalue weighted by Gasteiger charge is 2.07. The first-order valence-corrected chi connectivity index (χ1v) is 6.41. The van der Waals surface area contributed by atoms with Crippen LogP contribution in [0.25, 0.3) is 21.7 Å². The van der Waals surface area contributed by atoms with Crippen molar-refractivity contribution in [3.8, 4) is 10.7 Å². The highest BCUT2D eigenvalue weighted by atomic mass is 32.1. The monoisotopic (exact) mass is 243 g/mol. The van der Waals surface area contributed by atoms with Crippen LogP contribution in [0.4, 0.5) is 0 Å². The molecule has 1 unspecified atom stereocenters. The molecule has 0 amide bonds. The number of aromatic nitrogens is 2. The number of imidazole rings is 1. The maximum atomic E-state index is 5.87. The van der Waals surface area contributed by atoms with E-state index in [9.17, 15) is 0 Å². The lowest BCUT2D eigenvalue weighted by atomic mass is 10.1. The van der Waals surface area contributed by atoms with Gasteiger partial charge in [0, 0.05) is 6.04 Å². The Kier molecular flexibility index (Phi) is 2.46. The van der Waals surface area contributed by atoms with Gasteiger partial charge in [-0.1, -0.05) is 12.1 Å². The Balaban J connectivity index is 2.13. The van der Waals surface area contributed by atoms with Crippen LogP contribution in [0, 0.1) is 0 Å². The van der Waals surface area contributed by atoms with E-state index in [-0.39, 0.29) is 6.04 Å². The third-order valence-electron chi connectivity index (χ3n) is 2.79. The zero-order chi connectivity index (χ0) is 11.8. The Bertz CT molecular complexity index is 638. The minimum absolute atomic E-state index is 0.0490. The molecule has 86 valence electrons. The molecule has 0 aliphatic rings. The summed E-state index contributed by atoms with van der Waals surface area (Å²) in [6, 6.07) is 10.3. The highest BCUT2D eigenvalue weighted by molar-refractivity contribution is 7.13. The lowest BCUT2D eigenvalue weighted by Crippen LogP contribution is -2.04. The van der Waals surface area contributed by atoms with Gasteiger partial charge in [0.05, 0.1) is 15.9 Å². The van der Waals surface area contributed by atoms with Gasteiger partial charge in [0.25, 0.3) is 0 Å². The molecule has 3 nitrogen and oxygen atoms in total. The quantitative estimate of drug-likeness (QED) is 0.725. The number of benzene rings is 1. The van der Waals surface area contributed by atoms with Crippen molar-refractivity contribution in [2.75, 3.05) is 0 Å². The zero-order valence-electron chi connectivity index (χ0n) is 9.47. The molecule has 0 bridgehead atoms. The molecule has 0 aliphatic heterocycles. The molecule has 0 fully saturated rings. The summed E-state index contributed by atoms with van der Waals surface area (Å²) in [5.74, 6) is 0.928. The van der Waals surface area contributed by atoms with Crippen molar-refractivity contribution in [1.29, 1.82) is 0 Å². The van der Waals surface area contributed by atoms with E-state index in [1.165, 1.54) is 0 Å². The molecule has 17 heavy (non-hydrogen) atoms. The molecule has 0 radical (unpaired) electrons. The molecule has 4 heteroatoms. The minimum atomic E-state index is 0.0490. The third kappa shape index (κ3) is 1.85. The van der Waals surface area contributed by atoms with Crippen molar-refractivity contribution in [2.24, 2.45) is 5.73 Å². The average molecular weight is 243 g/mol. The van der Waals surface area contributed by atoms with Gasteiger partial charge in [0.2, 0.25) is 0 Å². The summed E-state index contributed by atoms with van der Waals surface area (Å²) in [5, 5.41) is 2.05. The number of fused-ring (bicyclic) bond motifs is 1. The summed E-state index contributed by atoms with van der Waals surface area (Å²) < 4.78 is 0. The normalized spacial score (nSPS) is 13.1. The van der Waals surface area contributed by atoms with Gasteiger partial charge in [-0.15, -0.1) is 11.3 Å². The Morgan fingerprint density at radius 1 is 1.35 bits per heavy atom. The van der Waals surface area contributed by atoms with Gasteiger partial charge in [-0.05, 0) is 36.1 Å². The van der Waals surface area contributed by atoms with E-state index < -0.39 is 0 Å². The number of hydrogen-bond donors (Lipinski definition) is 2. The molecule has 2 heterocycles. The van der Waals surface area contributed by atoms with Crippen LogP contribution in [0.15, 0.2) is 35.7 Å². The SMILES string of the molecule is CC(N)c1ccc2nc(-c3cccs3)[nH]c2c1. The molecule has 3 N–H and O–H groups in total. The number of nitrogens with one attached hydrogen (secondary N) is 1. The van der Waals surface area contributed by atoms with Crippen molar-refractivity contribution < 1.29 is 0 Å². The van der Waals surface area contributed by atoms with Crippen LogP contribution in [0.2, 0.25) is 0 Å². The maximum Gasteiger partial charge on any atom is 0.148 e. The molecular formula is C13H13N3S. The summed E-state index contributed by atoms with van der Waals surface area (Å²) in [7, 11) is 0. The van der Waals surface area contributed by atoms with Crippen LogP contribution >= 0.6 is 11.3 Å². The summed E-state index contributed by atoms with van der Waals surface area (Å²) >= 11 is 1.68. The number of rotatable bonds is 2. The van der Waals surface area contributed by atoms with Crippen molar-refractivity contribution in [1.82, 2.24) is 9.97 Å². The molecule has 2 aromatic heterocycles. The Hall–Kier alpha value is -1.65. The molecular weight excluding hydrogens is 230 g/mol. The number of H-pyrrole nitrogens is 1. The third-order valence-corrected chi connectivity index (χ3v) is 3.66. The Morgan fingerprint density at radius 3 is 2.94 bits per heavy atom. The van der Waals surface area contributed by atoms with E-state index in [2.05, 4.69) is 27.5 Å². The number of nitrogens with two attached hydrogens (primary N) is 1. The summed E-state index contributed by atoms with van der Waals surface area (Å²) in [6.07, 6.45) is 0. The largest absolute Gasteiger partial charge is 0.337 e. The van der Waals surface area contributed by atoms with Gasteiger partial charge in [0.1, 0.15) is 5.82 Å². The Morgan fingerprint density at radius 2 is 2.24 bits per heavy atom. The van der Waals surface area contributed by atoms with Crippen molar-refractivity contribution in [2.45, 2.75) is 13.0 Å². The van der Waals surface area contributed by atoms with E-state index in [0.717, 1.165) is 27.3 Å². The van der Waals surface area contributed by atoms with Gasteiger partial charge in [-0.3, -0.25) is 0 Å². The molecule has 0 spiro atoms. The fourth-order valence-electron chi connectivity index (χ4n) is 1.84. The van der Waals surface area contributed by atoms with E-state index in [1.807, 2.05) is 25.1 Å². The van der Waals surface area contributed by atoms with Crippen molar-refractivity contribution >= 4 is 22.4 Å². The fourth-order valence-corrected chi connectivity index (χ4v) is 2.51. The zero-order valence-corrected chi connectivity index (χ0v) is 10.3. The lowest BCUT2D eigenvalue weighted by Gasteiger charge is -2.03. The van der Waals surface area contributed by atoms with Crippen LogP contribution in [-0.4, -0.2) is 9.97 Å². The maximum absolute atomic E-state index is 5.87. The first-order chi connectivity index (χ1) is 8.24. The average Bonchev–Trinajstić information content (AvgIpc) is 2.96. The minimum Gasteiger partial charge on any atom is -0.337 e. The van der Waals surface area contributed by atoms with Gasteiger partial charge >= 0.3 is 0 Å². The highest BCUT2D eigenvalue weighted by Crippen LogP contribution is 2.25. The van der Waals surface area contributed by atoms with E-state index in [4.69, 9.17) is 5.73 Å². The van der Waals surface area contributed by atoms with Gasteiger partial charge < -0.3 is 10.7 Å². The number of aromatic amines is 1. The predicted molar refractivity (Wildman–Crippen MR) is 72.0 cm³/mol. The lowest BCUT2D eigenvalue weighted by molar-refractivity contribution is 0.819. The van der Waals surface area contributed by atoms with Crippen molar-refractivity contribution in [3.63, 3.8) is 0 Å². The second-order valence-corrected chi connectivity index (χ2v) is 5.08. The molecule has 3 rings (SSSR count). The van der Waals surface area contributed by atoms with Crippen LogP contribution in [0.5, 0.6) is 0 Å². The molecule has 0 aliphatic carbocycles. The van der Waals surface area contributed by atoms with Crippen molar-refractivity contribution in [3.05, 3.63) is 41.3 Å². The first-order valence-electron chi connectivity index (χ1n) is 5.53. The smallest absolute Gasteiger partial charge is 0.148 e. The van der Waals surface area contributed by atoms with Gasteiger partial charge in [-0.2, -0.15) is 0 Å². The second kappa shape index (κ2) is 3.98. The number of nitrogens with zero attached hydrogens (tertiary/aromatic N) is 1.